The van der Waals surface area contributed by atoms with Crippen molar-refractivity contribution in [3.63, 3.8) is 0 Å². The molecule has 2 aliphatic carbocycles. The predicted octanol–water partition coefficient (Wildman–Crippen LogP) is 3.06. The molecule has 6 aliphatic rings. The average molecular weight is 469 g/mol. The smallest absolute Gasteiger partial charge is 0.311 e. The van der Waals surface area contributed by atoms with E-state index < -0.39 is 0 Å². The summed E-state index contributed by atoms with van der Waals surface area (Å²) in [5, 5.41) is 0. The molecule has 0 bridgehead atoms. The molecule has 0 radical (unpaired) electrons. The van der Waals surface area contributed by atoms with Crippen molar-refractivity contribution in [1.82, 2.24) is 9.80 Å². The Balaban J connectivity index is 1.01. The standard InChI is InChI=1S/C27H36N2O5/c1-17-3-5-21-19(24(30)33-27(21)20(17)7-8-26(2)25(27)34-26)15-29-11-9-28(10-12-29)14-18-4-6-22-23(13-18)32-16-31-22/h4,6,13,17,19-21,25H,3,5,7-12,14-16H2,1-2H3/t17-,19+,20-,21-,25-,26-,27-/m1/s1. The Kier molecular flexibility index (Phi) is 4.78. The Bertz CT molecular complexity index is 993. The number of epoxide rings is 1. The van der Waals surface area contributed by atoms with Crippen LogP contribution >= 0.6 is 0 Å². The maximum Gasteiger partial charge on any atom is 0.311 e. The first kappa shape index (κ1) is 21.5. The molecule has 2 saturated carbocycles. The molecule has 0 amide bonds. The van der Waals surface area contributed by atoms with Gasteiger partial charge in [0.05, 0.1) is 11.5 Å². The van der Waals surface area contributed by atoms with Crippen LogP contribution in [-0.4, -0.2) is 72.6 Å². The van der Waals surface area contributed by atoms with E-state index in [0.717, 1.165) is 70.0 Å². The fraction of sp³-hybridized carbons (Fsp3) is 0.741. The van der Waals surface area contributed by atoms with E-state index in [-0.39, 0.29) is 29.2 Å². The van der Waals surface area contributed by atoms with Crippen molar-refractivity contribution in [3.05, 3.63) is 23.8 Å². The molecule has 3 saturated heterocycles. The second-order valence-corrected chi connectivity index (χ2v) is 11.8. The minimum Gasteiger partial charge on any atom is -0.455 e. The van der Waals surface area contributed by atoms with Crippen LogP contribution in [-0.2, 0) is 20.8 Å². The Morgan fingerprint density at radius 2 is 1.79 bits per heavy atom. The van der Waals surface area contributed by atoms with Gasteiger partial charge in [-0.05, 0) is 56.2 Å². The molecular weight excluding hydrogens is 432 g/mol. The van der Waals surface area contributed by atoms with Gasteiger partial charge in [0.2, 0.25) is 6.79 Å². The number of carbonyl (C=O) groups is 1. The molecule has 7 rings (SSSR count). The summed E-state index contributed by atoms with van der Waals surface area (Å²) in [5.41, 5.74) is 0.820. The predicted molar refractivity (Wildman–Crippen MR) is 124 cm³/mol. The number of piperazine rings is 1. The maximum absolute atomic E-state index is 13.3. The number of hydrogen-bond donors (Lipinski definition) is 0. The van der Waals surface area contributed by atoms with E-state index in [9.17, 15) is 4.79 Å². The molecule has 0 N–H and O–H groups in total. The maximum atomic E-state index is 13.3. The van der Waals surface area contributed by atoms with Crippen LogP contribution in [0.15, 0.2) is 18.2 Å². The number of hydrogen-bond acceptors (Lipinski definition) is 7. The van der Waals surface area contributed by atoms with E-state index in [4.69, 9.17) is 18.9 Å². The molecule has 0 unspecified atom stereocenters. The monoisotopic (exact) mass is 468 g/mol. The third-order valence-corrected chi connectivity index (χ3v) is 9.85. The topological polar surface area (TPSA) is 63.8 Å². The van der Waals surface area contributed by atoms with Crippen LogP contribution in [0.25, 0.3) is 0 Å². The second-order valence-electron chi connectivity index (χ2n) is 11.8. The molecule has 1 aromatic rings. The first-order valence-corrected chi connectivity index (χ1v) is 13.2. The summed E-state index contributed by atoms with van der Waals surface area (Å²) >= 11 is 0. The van der Waals surface area contributed by atoms with Crippen molar-refractivity contribution in [3.8, 4) is 11.5 Å². The van der Waals surface area contributed by atoms with Crippen LogP contribution in [0.4, 0.5) is 0 Å². The highest BCUT2D eigenvalue weighted by atomic mass is 16.7. The highest BCUT2D eigenvalue weighted by Crippen LogP contribution is 2.66. The molecule has 1 aromatic carbocycles. The van der Waals surface area contributed by atoms with Crippen LogP contribution in [0.2, 0.25) is 0 Å². The number of benzene rings is 1. The third-order valence-electron chi connectivity index (χ3n) is 9.85. The first-order chi connectivity index (χ1) is 16.5. The van der Waals surface area contributed by atoms with Gasteiger partial charge in [-0.15, -0.1) is 0 Å². The molecule has 184 valence electrons. The lowest BCUT2D eigenvalue weighted by molar-refractivity contribution is -0.168. The zero-order chi connectivity index (χ0) is 23.1. The van der Waals surface area contributed by atoms with Gasteiger partial charge in [0.15, 0.2) is 11.5 Å². The van der Waals surface area contributed by atoms with Gasteiger partial charge in [-0.25, -0.2) is 0 Å². The average Bonchev–Trinajstić information content (AvgIpc) is 3.19. The number of rotatable bonds is 4. The lowest BCUT2D eigenvalue weighted by Gasteiger charge is -2.50. The van der Waals surface area contributed by atoms with Gasteiger partial charge in [-0.1, -0.05) is 13.0 Å². The van der Waals surface area contributed by atoms with Crippen molar-refractivity contribution in [2.45, 2.75) is 63.4 Å². The van der Waals surface area contributed by atoms with E-state index in [1.54, 1.807) is 0 Å². The van der Waals surface area contributed by atoms with E-state index in [2.05, 4.69) is 35.8 Å². The molecule has 1 spiro atoms. The van der Waals surface area contributed by atoms with Gasteiger partial charge in [-0.3, -0.25) is 14.6 Å². The Morgan fingerprint density at radius 1 is 1.00 bits per heavy atom. The van der Waals surface area contributed by atoms with Crippen LogP contribution < -0.4 is 9.47 Å². The van der Waals surface area contributed by atoms with E-state index in [1.165, 1.54) is 12.0 Å². The summed E-state index contributed by atoms with van der Waals surface area (Å²) in [7, 11) is 0. The first-order valence-electron chi connectivity index (χ1n) is 13.2. The van der Waals surface area contributed by atoms with Crippen LogP contribution in [0.5, 0.6) is 11.5 Å². The molecule has 4 heterocycles. The number of nitrogens with zero attached hydrogens (tertiary/aromatic N) is 2. The lowest BCUT2D eigenvalue weighted by Crippen LogP contribution is -2.58. The fourth-order valence-electron chi connectivity index (χ4n) is 7.97. The largest absolute Gasteiger partial charge is 0.455 e. The van der Waals surface area contributed by atoms with Gasteiger partial charge in [0.25, 0.3) is 0 Å². The molecule has 5 fully saturated rings. The summed E-state index contributed by atoms with van der Waals surface area (Å²) in [4.78, 5) is 18.3. The van der Waals surface area contributed by atoms with E-state index >= 15 is 0 Å². The van der Waals surface area contributed by atoms with Gasteiger partial charge >= 0.3 is 5.97 Å². The minimum atomic E-state index is -0.367. The summed E-state index contributed by atoms with van der Waals surface area (Å²) in [6.45, 7) is 10.6. The lowest BCUT2D eigenvalue weighted by atomic mass is 9.55. The van der Waals surface area contributed by atoms with Gasteiger partial charge in [0, 0.05) is 51.1 Å². The highest BCUT2D eigenvalue weighted by Gasteiger charge is 2.77. The number of carbonyl (C=O) groups excluding carboxylic acids is 1. The minimum absolute atomic E-state index is 0.0121. The molecular formula is C27H36N2O5. The molecule has 4 aliphatic heterocycles. The number of esters is 1. The zero-order valence-electron chi connectivity index (χ0n) is 20.3. The summed E-state index contributed by atoms with van der Waals surface area (Å²) < 4.78 is 23.6. The van der Waals surface area contributed by atoms with Gasteiger partial charge < -0.3 is 18.9 Å². The van der Waals surface area contributed by atoms with Crippen molar-refractivity contribution in [2.75, 3.05) is 39.5 Å². The summed E-state index contributed by atoms with van der Waals surface area (Å²) in [5.74, 6) is 3.08. The van der Waals surface area contributed by atoms with Crippen LogP contribution in [0.1, 0.15) is 45.1 Å². The van der Waals surface area contributed by atoms with Crippen molar-refractivity contribution < 1.29 is 23.7 Å². The number of fused-ring (bicyclic) bond motifs is 2. The second kappa shape index (κ2) is 7.58. The quantitative estimate of drug-likeness (QED) is 0.497. The van der Waals surface area contributed by atoms with Crippen LogP contribution in [0.3, 0.4) is 0 Å². The molecule has 7 heteroatoms. The van der Waals surface area contributed by atoms with Crippen molar-refractivity contribution >= 4 is 5.97 Å². The molecule has 7 nitrogen and oxygen atoms in total. The summed E-state index contributed by atoms with van der Waals surface area (Å²) in [6, 6.07) is 6.24. The van der Waals surface area contributed by atoms with Gasteiger partial charge in [-0.2, -0.15) is 0 Å². The SMILES string of the molecule is C[C@@H]1CC[C@@H]2[C@H](CN3CCN(Cc4ccc5c(c4)OCO5)CC3)C(=O)O[C@]23[C@@H]1CC[C@@]1(C)O[C@@H]31. The number of ether oxygens (including phenoxy) is 4. The van der Waals surface area contributed by atoms with Crippen molar-refractivity contribution in [2.24, 2.45) is 23.7 Å². The third kappa shape index (κ3) is 3.16. The molecule has 34 heavy (non-hydrogen) atoms. The normalized spacial score (nSPS) is 43.1. The molecule has 0 aromatic heterocycles. The van der Waals surface area contributed by atoms with Crippen LogP contribution in [0, 0.1) is 23.7 Å². The summed E-state index contributed by atoms with van der Waals surface area (Å²) in [6.07, 6.45) is 4.64. The highest BCUT2D eigenvalue weighted by molar-refractivity contribution is 5.77. The Hall–Kier alpha value is -1.83. The van der Waals surface area contributed by atoms with E-state index in [0.29, 0.717) is 24.5 Å². The van der Waals surface area contributed by atoms with Crippen molar-refractivity contribution in [1.29, 1.82) is 0 Å². The van der Waals surface area contributed by atoms with Gasteiger partial charge in [0.1, 0.15) is 11.7 Å². The Morgan fingerprint density at radius 3 is 2.65 bits per heavy atom. The fourth-order valence-corrected chi connectivity index (χ4v) is 7.97. The van der Waals surface area contributed by atoms with E-state index in [1.807, 2.05) is 6.07 Å². The molecule has 7 atom stereocenters. The Labute approximate surface area is 201 Å². The zero-order valence-corrected chi connectivity index (χ0v) is 20.3.